The van der Waals surface area contributed by atoms with E-state index in [9.17, 15) is 0 Å². The van der Waals surface area contributed by atoms with Gasteiger partial charge in [0.25, 0.3) is 0 Å². The third-order valence-electron chi connectivity index (χ3n) is 3.52. The van der Waals surface area contributed by atoms with Crippen molar-refractivity contribution in [2.45, 2.75) is 84.4 Å². The second-order valence-electron chi connectivity index (χ2n) is 5.45. The van der Waals surface area contributed by atoms with E-state index < -0.39 is 6.29 Å². The Morgan fingerprint density at radius 2 is 1.82 bits per heavy atom. The summed E-state index contributed by atoms with van der Waals surface area (Å²) in [7, 11) is 0. The summed E-state index contributed by atoms with van der Waals surface area (Å²) in [6, 6.07) is 0. The summed E-state index contributed by atoms with van der Waals surface area (Å²) in [6.45, 7) is 8.06. The van der Waals surface area contributed by atoms with Gasteiger partial charge in [-0.05, 0) is 51.9 Å². The van der Waals surface area contributed by atoms with Crippen molar-refractivity contribution in [1.29, 1.82) is 0 Å². The fraction of sp³-hybridized carbons (Fsp3) is 0.889. The minimum atomic E-state index is -0.459. The van der Waals surface area contributed by atoms with E-state index in [4.69, 9.17) is 18.9 Å². The zero-order valence-corrected chi connectivity index (χ0v) is 14.4. The first-order valence-electron chi connectivity index (χ1n) is 8.81. The third-order valence-corrected chi connectivity index (χ3v) is 3.52. The van der Waals surface area contributed by atoms with E-state index >= 15 is 0 Å². The zero-order valence-electron chi connectivity index (χ0n) is 14.4. The van der Waals surface area contributed by atoms with E-state index in [-0.39, 0.29) is 12.4 Å². The molecule has 1 saturated heterocycles. The highest BCUT2D eigenvalue weighted by Crippen LogP contribution is 2.17. The molecule has 0 aromatic heterocycles. The topological polar surface area (TPSA) is 36.9 Å². The first-order valence-corrected chi connectivity index (χ1v) is 8.81. The molecule has 0 unspecified atom stereocenters. The van der Waals surface area contributed by atoms with Crippen LogP contribution in [0.15, 0.2) is 0 Å². The molecule has 0 aromatic carbocycles. The van der Waals surface area contributed by atoms with Gasteiger partial charge in [-0.3, -0.25) is 0 Å². The number of hydrogen-bond donors (Lipinski definition) is 0. The molecule has 1 aliphatic rings. The Balaban J connectivity index is 2.54. The van der Waals surface area contributed by atoms with E-state index in [0.717, 1.165) is 32.3 Å². The molecular formula is C18H32O4. The second kappa shape index (κ2) is 12.9. The average molecular weight is 312 g/mol. The normalized spacial score (nSPS) is 19.7. The van der Waals surface area contributed by atoms with Crippen molar-refractivity contribution in [2.75, 3.05) is 19.8 Å². The van der Waals surface area contributed by atoms with E-state index in [2.05, 4.69) is 18.8 Å². The predicted octanol–water partition coefficient (Wildman–Crippen LogP) is 3.88. The summed E-state index contributed by atoms with van der Waals surface area (Å²) < 4.78 is 22.6. The molecule has 0 N–H and O–H groups in total. The Hall–Kier alpha value is -0.600. The van der Waals surface area contributed by atoms with Crippen molar-refractivity contribution in [3.8, 4) is 11.8 Å². The first-order chi connectivity index (χ1) is 10.8. The van der Waals surface area contributed by atoms with Crippen LogP contribution in [0.5, 0.6) is 0 Å². The quantitative estimate of drug-likeness (QED) is 0.348. The van der Waals surface area contributed by atoms with Gasteiger partial charge in [-0.1, -0.05) is 25.7 Å². The van der Waals surface area contributed by atoms with Gasteiger partial charge in [0.15, 0.2) is 6.29 Å². The number of ether oxygens (including phenoxy) is 4. The Kier molecular flexibility index (Phi) is 11.4. The lowest BCUT2D eigenvalue weighted by atomic mass is 10.1. The standard InChI is InChI=1S/C18H32O4/c1-4-7-8-11-16(22-18-12-9-10-15-21-18)13-14-17(19-5-2)20-6-3/h16-18H,4-12,15H2,1-3H3/t16-,18+/m1/s1. The summed E-state index contributed by atoms with van der Waals surface area (Å²) >= 11 is 0. The Morgan fingerprint density at radius 3 is 2.41 bits per heavy atom. The van der Waals surface area contributed by atoms with Gasteiger partial charge in [-0.25, -0.2) is 0 Å². The van der Waals surface area contributed by atoms with Crippen LogP contribution in [-0.4, -0.2) is 38.5 Å². The predicted molar refractivity (Wildman–Crippen MR) is 87.4 cm³/mol. The van der Waals surface area contributed by atoms with Crippen molar-refractivity contribution >= 4 is 0 Å². The van der Waals surface area contributed by atoms with Crippen molar-refractivity contribution in [3.05, 3.63) is 0 Å². The van der Waals surface area contributed by atoms with Gasteiger partial charge in [-0.15, -0.1) is 0 Å². The van der Waals surface area contributed by atoms with Crippen LogP contribution >= 0.6 is 0 Å². The minimum absolute atomic E-state index is 0.0990. The van der Waals surface area contributed by atoms with Gasteiger partial charge in [0.1, 0.15) is 6.10 Å². The highest BCUT2D eigenvalue weighted by atomic mass is 16.7. The summed E-state index contributed by atoms with van der Waals surface area (Å²) in [5, 5.41) is 0. The van der Waals surface area contributed by atoms with E-state index in [1.807, 2.05) is 13.8 Å². The maximum atomic E-state index is 6.04. The van der Waals surface area contributed by atoms with Gasteiger partial charge in [0.05, 0.1) is 0 Å². The third kappa shape index (κ3) is 8.75. The van der Waals surface area contributed by atoms with Crippen LogP contribution in [0.2, 0.25) is 0 Å². The van der Waals surface area contributed by atoms with Crippen LogP contribution in [0.25, 0.3) is 0 Å². The lowest BCUT2D eigenvalue weighted by Crippen LogP contribution is -2.27. The highest BCUT2D eigenvalue weighted by molar-refractivity contribution is 5.08. The maximum Gasteiger partial charge on any atom is 0.222 e. The summed E-state index contributed by atoms with van der Waals surface area (Å²) in [5.74, 6) is 6.26. The van der Waals surface area contributed by atoms with Gasteiger partial charge in [0.2, 0.25) is 6.29 Å². The SMILES string of the molecule is CCCCC[C@H](C#CC(OCC)OCC)O[C@H]1CCCCO1. The van der Waals surface area contributed by atoms with Crippen LogP contribution in [0, 0.1) is 11.8 Å². The van der Waals surface area contributed by atoms with Gasteiger partial charge < -0.3 is 18.9 Å². The van der Waals surface area contributed by atoms with E-state index in [1.165, 1.54) is 19.3 Å². The largest absolute Gasteiger partial charge is 0.353 e. The van der Waals surface area contributed by atoms with Crippen LogP contribution in [0.3, 0.4) is 0 Å². The minimum Gasteiger partial charge on any atom is -0.353 e. The zero-order chi connectivity index (χ0) is 16.0. The van der Waals surface area contributed by atoms with Gasteiger partial charge >= 0.3 is 0 Å². The lowest BCUT2D eigenvalue weighted by molar-refractivity contribution is -0.177. The Labute approximate surface area is 135 Å². The summed E-state index contributed by atoms with van der Waals surface area (Å²) in [5.41, 5.74) is 0. The molecule has 4 heteroatoms. The first kappa shape index (κ1) is 19.4. The molecule has 2 atom stereocenters. The van der Waals surface area contributed by atoms with Crippen molar-refractivity contribution in [2.24, 2.45) is 0 Å². The van der Waals surface area contributed by atoms with E-state index in [0.29, 0.717) is 13.2 Å². The van der Waals surface area contributed by atoms with Crippen molar-refractivity contribution in [1.82, 2.24) is 0 Å². The molecular weight excluding hydrogens is 280 g/mol. The molecule has 22 heavy (non-hydrogen) atoms. The van der Waals surface area contributed by atoms with Gasteiger partial charge in [0, 0.05) is 19.8 Å². The fourth-order valence-corrected chi connectivity index (χ4v) is 2.35. The van der Waals surface area contributed by atoms with Crippen LogP contribution < -0.4 is 0 Å². The molecule has 1 aliphatic heterocycles. The molecule has 0 bridgehead atoms. The molecule has 1 heterocycles. The van der Waals surface area contributed by atoms with Gasteiger partial charge in [-0.2, -0.15) is 0 Å². The molecule has 1 rings (SSSR count). The number of hydrogen-bond acceptors (Lipinski definition) is 4. The molecule has 0 aliphatic carbocycles. The molecule has 0 saturated carbocycles. The Bertz CT molecular complexity index is 309. The average Bonchev–Trinajstić information content (AvgIpc) is 2.54. The number of rotatable bonds is 10. The highest BCUT2D eigenvalue weighted by Gasteiger charge is 2.18. The van der Waals surface area contributed by atoms with Crippen LogP contribution in [-0.2, 0) is 18.9 Å². The molecule has 0 aromatic rings. The Morgan fingerprint density at radius 1 is 1.05 bits per heavy atom. The smallest absolute Gasteiger partial charge is 0.222 e. The molecule has 0 amide bonds. The molecule has 4 nitrogen and oxygen atoms in total. The summed E-state index contributed by atoms with van der Waals surface area (Å²) in [4.78, 5) is 0. The van der Waals surface area contributed by atoms with Crippen molar-refractivity contribution in [3.63, 3.8) is 0 Å². The molecule has 0 spiro atoms. The van der Waals surface area contributed by atoms with Crippen molar-refractivity contribution < 1.29 is 18.9 Å². The van der Waals surface area contributed by atoms with E-state index in [1.54, 1.807) is 0 Å². The molecule has 0 radical (unpaired) electrons. The number of unbranched alkanes of at least 4 members (excludes halogenated alkanes) is 2. The van der Waals surface area contributed by atoms with Crippen LogP contribution in [0.4, 0.5) is 0 Å². The molecule has 1 fully saturated rings. The lowest BCUT2D eigenvalue weighted by Gasteiger charge is -2.25. The van der Waals surface area contributed by atoms with Crippen LogP contribution in [0.1, 0.15) is 65.7 Å². The molecule has 128 valence electrons. The fourth-order valence-electron chi connectivity index (χ4n) is 2.35. The monoisotopic (exact) mass is 312 g/mol. The summed E-state index contributed by atoms with van der Waals surface area (Å²) in [6.07, 6.45) is 7.05. The second-order valence-corrected chi connectivity index (χ2v) is 5.45. The maximum absolute atomic E-state index is 6.04.